The molecule has 0 saturated heterocycles. The molecule has 0 bridgehead atoms. The highest BCUT2D eigenvalue weighted by Crippen LogP contribution is 2.22. The molecule has 0 atom stereocenters. The molecule has 0 aromatic heterocycles. The Morgan fingerprint density at radius 1 is 1.12 bits per heavy atom. The number of hydrogen-bond acceptors (Lipinski definition) is 4. The van der Waals surface area contributed by atoms with Gasteiger partial charge in [-0.1, -0.05) is 13.8 Å². The standard InChI is InChI=1S/C12H24O4/c1-11(13)12(2,3)6-5-7-15-10-16-9-8-14-4/h5-10H2,1-4H3. The van der Waals surface area contributed by atoms with Crippen molar-refractivity contribution in [2.24, 2.45) is 5.41 Å². The fraction of sp³-hybridized carbons (Fsp3) is 0.917. The average Bonchev–Trinajstić information content (AvgIpc) is 2.21. The van der Waals surface area contributed by atoms with E-state index < -0.39 is 0 Å². The second-order valence-electron chi connectivity index (χ2n) is 4.47. The molecule has 96 valence electrons. The second kappa shape index (κ2) is 8.67. The minimum atomic E-state index is -0.236. The molecule has 0 aliphatic heterocycles. The summed E-state index contributed by atoms with van der Waals surface area (Å²) in [6.45, 7) is 7.62. The second-order valence-corrected chi connectivity index (χ2v) is 4.47. The topological polar surface area (TPSA) is 44.8 Å². The van der Waals surface area contributed by atoms with Crippen LogP contribution in [0, 0.1) is 5.41 Å². The zero-order valence-corrected chi connectivity index (χ0v) is 10.9. The zero-order chi connectivity index (χ0) is 12.4. The lowest BCUT2D eigenvalue weighted by Crippen LogP contribution is -2.21. The number of methoxy groups -OCH3 is 1. The van der Waals surface area contributed by atoms with Crippen LogP contribution in [0.2, 0.25) is 0 Å². The Morgan fingerprint density at radius 3 is 2.31 bits per heavy atom. The van der Waals surface area contributed by atoms with Crippen molar-refractivity contribution in [1.82, 2.24) is 0 Å². The number of ether oxygens (including phenoxy) is 3. The van der Waals surface area contributed by atoms with Crippen molar-refractivity contribution in [3.05, 3.63) is 0 Å². The minimum Gasteiger partial charge on any atom is -0.382 e. The summed E-state index contributed by atoms with van der Waals surface area (Å²) >= 11 is 0. The Kier molecular flexibility index (Phi) is 8.43. The molecule has 16 heavy (non-hydrogen) atoms. The Labute approximate surface area is 98.3 Å². The lowest BCUT2D eigenvalue weighted by molar-refractivity contribution is -0.125. The first-order valence-electron chi connectivity index (χ1n) is 5.66. The fourth-order valence-electron chi connectivity index (χ4n) is 1.11. The largest absolute Gasteiger partial charge is 0.382 e. The average molecular weight is 232 g/mol. The smallest absolute Gasteiger partial charge is 0.146 e. The molecule has 0 unspecified atom stereocenters. The molecule has 0 aromatic rings. The van der Waals surface area contributed by atoms with E-state index >= 15 is 0 Å². The van der Waals surface area contributed by atoms with Gasteiger partial charge in [0.15, 0.2) is 0 Å². The summed E-state index contributed by atoms with van der Waals surface area (Å²) in [6.07, 6.45) is 1.72. The molecule has 0 radical (unpaired) electrons. The molecule has 0 aliphatic rings. The molecule has 0 aromatic carbocycles. The van der Waals surface area contributed by atoms with Crippen LogP contribution < -0.4 is 0 Å². The van der Waals surface area contributed by atoms with Crippen molar-refractivity contribution in [3.8, 4) is 0 Å². The molecule has 0 spiro atoms. The third-order valence-electron chi connectivity index (χ3n) is 2.64. The van der Waals surface area contributed by atoms with Gasteiger partial charge in [-0.25, -0.2) is 0 Å². The van der Waals surface area contributed by atoms with Crippen molar-refractivity contribution < 1.29 is 19.0 Å². The number of carbonyl (C=O) groups excluding carboxylic acids is 1. The van der Waals surface area contributed by atoms with Gasteiger partial charge in [0.2, 0.25) is 0 Å². The van der Waals surface area contributed by atoms with Gasteiger partial charge in [-0.2, -0.15) is 0 Å². The maximum atomic E-state index is 11.2. The highest BCUT2D eigenvalue weighted by molar-refractivity contribution is 5.81. The molecule has 4 heteroatoms. The van der Waals surface area contributed by atoms with E-state index in [0.29, 0.717) is 26.6 Å². The van der Waals surface area contributed by atoms with E-state index in [9.17, 15) is 4.79 Å². The van der Waals surface area contributed by atoms with Gasteiger partial charge >= 0.3 is 0 Å². The van der Waals surface area contributed by atoms with Gasteiger partial charge < -0.3 is 14.2 Å². The summed E-state index contributed by atoms with van der Waals surface area (Å²) < 4.78 is 15.2. The molecular weight excluding hydrogens is 208 g/mol. The third-order valence-corrected chi connectivity index (χ3v) is 2.64. The van der Waals surface area contributed by atoms with E-state index in [0.717, 1.165) is 12.8 Å². The molecule has 0 amide bonds. The number of carbonyl (C=O) groups is 1. The summed E-state index contributed by atoms with van der Waals surface area (Å²) in [5.74, 6) is 0.226. The van der Waals surface area contributed by atoms with Crippen LogP contribution in [0.15, 0.2) is 0 Å². The summed E-state index contributed by atoms with van der Waals surface area (Å²) in [4.78, 5) is 11.2. The Morgan fingerprint density at radius 2 is 1.75 bits per heavy atom. The van der Waals surface area contributed by atoms with Crippen molar-refractivity contribution in [1.29, 1.82) is 0 Å². The first-order chi connectivity index (χ1) is 7.50. The van der Waals surface area contributed by atoms with Gasteiger partial charge in [0, 0.05) is 19.1 Å². The monoisotopic (exact) mass is 232 g/mol. The van der Waals surface area contributed by atoms with Crippen molar-refractivity contribution in [2.75, 3.05) is 33.7 Å². The van der Waals surface area contributed by atoms with Crippen LogP contribution in [-0.2, 0) is 19.0 Å². The molecule has 0 N–H and O–H groups in total. The first kappa shape index (κ1) is 15.6. The van der Waals surface area contributed by atoms with Crippen LogP contribution in [0.5, 0.6) is 0 Å². The van der Waals surface area contributed by atoms with Crippen LogP contribution >= 0.6 is 0 Å². The number of hydrogen-bond donors (Lipinski definition) is 0. The summed E-state index contributed by atoms with van der Waals surface area (Å²) in [5.41, 5.74) is -0.236. The van der Waals surface area contributed by atoms with Gasteiger partial charge in [-0.05, 0) is 19.8 Å². The van der Waals surface area contributed by atoms with E-state index in [1.807, 2.05) is 13.8 Å². The minimum absolute atomic E-state index is 0.226. The van der Waals surface area contributed by atoms with Crippen LogP contribution in [0.1, 0.15) is 33.6 Å². The first-order valence-corrected chi connectivity index (χ1v) is 5.66. The van der Waals surface area contributed by atoms with Gasteiger partial charge in [0.1, 0.15) is 12.6 Å². The maximum absolute atomic E-state index is 11.2. The van der Waals surface area contributed by atoms with E-state index in [2.05, 4.69) is 0 Å². The summed E-state index contributed by atoms with van der Waals surface area (Å²) in [5, 5.41) is 0. The number of rotatable bonds is 10. The number of Topliss-reactive ketones (excluding diaryl/α,β-unsaturated/α-hetero) is 1. The predicted octanol–water partition coefficient (Wildman–Crippen LogP) is 2.02. The van der Waals surface area contributed by atoms with Gasteiger partial charge in [-0.3, -0.25) is 4.79 Å². The molecule has 0 heterocycles. The molecule has 0 aliphatic carbocycles. The van der Waals surface area contributed by atoms with Crippen molar-refractivity contribution in [3.63, 3.8) is 0 Å². The highest BCUT2D eigenvalue weighted by atomic mass is 16.7. The molecule has 0 rings (SSSR count). The highest BCUT2D eigenvalue weighted by Gasteiger charge is 2.22. The third kappa shape index (κ3) is 7.79. The van der Waals surface area contributed by atoms with Crippen LogP contribution in [0.3, 0.4) is 0 Å². The van der Waals surface area contributed by atoms with E-state index in [1.54, 1.807) is 14.0 Å². The maximum Gasteiger partial charge on any atom is 0.146 e. The molecule has 4 nitrogen and oxygen atoms in total. The van der Waals surface area contributed by atoms with Crippen LogP contribution in [0.4, 0.5) is 0 Å². The number of ketones is 1. The quantitative estimate of drug-likeness (QED) is 0.427. The molecule has 0 fully saturated rings. The molecule has 0 saturated carbocycles. The Balaban J connectivity index is 3.30. The summed E-state index contributed by atoms with van der Waals surface area (Å²) in [7, 11) is 1.63. The van der Waals surface area contributed by atoms with E-state index in [1.165, 1.54) is 0 Å². The predicted molar refractivity (Wildman–Crippen MR) is 62.3 cm³/mol. The van der Waals surface area contributed by atoms with Crippen molar-refractivity contribution in [2.45, 2.75) is 33.6 Å². The fourth-order valence-corrected chi connectivity index (χ4v) is 1.11. The molecular formula is C12H24O4. The van der Waals surface area contributed by atoms with Gasteiger partial charge in [-0.15, -0.1) is 0 Å². The SMILES string of the molecule is COCCOCOCCCC(C)(C)C(C)=O. The van der Waals surface area contributed by atoms with E-state index in [4.69, 9.17) is 14.2 Å². The van der Waals surface area contributed by atoms with Crippen LogP contribution in [-0.4, -0.2) is 39.5 Å². The van der Waals surface area contributed by atoms with Crippen LogP contribution in [0.25, 0.3) is 0 Å². The lowest BCUT2D eigenvalue weighted by Gasteiger charge is -2.20. The normalized spacial score (nSPS) is 11.8. The van der Waals surface area contributed by atoms with Gasteiger partial charge in [0.05, 0.1) is 13.2 Å². The Bertz CT molecular complexity index is 189. The summed E-state index contributed by atoms with van der Waals surface area (Å²) in [6, 6.07) is 0. The van der Waals surface area contributed by atoms with Gasteiger partial charge in [0.25, 0.3) is 0 Å². The lowest BCUT2D eigenvalue weighted by atomic mass is 9.84. The van der Waals surface area contributed by atoms with Crippen molar-refractivity contribution >= 4 is 5.78 Å². The zero-order valence-electron chi connectivity index (χ0n) is 10.9. The Hall–Kier alpha value is -0.450. The van der Waals surface area contributed by atoms with E-state index in [-0.39, 0.29) is 11.2 Å².